The van der Waals surface area contributed by atoms with Crippen molar-refractivity contribution in [1.82, 2.24) is 0 Å². The molecule has 0 fully saturated rings. The topological polar surface area (TPSA) is 110 Å². The Morgan fingerprint density at radius 2 is 1.70 bits per heavy atom. The lowest BCUT2D eigenvalue weighted by Gasteiger charge is -2.27. The van der Waals surface area contributed by atoms with E-state index in [4.69, 9.17) is 9.88 Å². The Hall–Kier alpha value is -2.58. The molecule has 0 atom stereocenters. The van der Waals surface area contributed by atoms with E-state index < -0.39 is 16.0 Å². The molecule has 0 heterocycles. The summed E-state index contributed by atoms with van der Waals surface area (Å²) in [6, 6.07) is 11.2. The first-order chi connectivity index (χ1) is 12.8. The molecule has 2 aromatic rings. The van der Waals surface area contributed by atoms with Crippen molar-refractivity contribution in [1.29, 1.82) is 0 Å². The zero-order valence-corrected chi connectivity index (χ0v) is 16.2. The number of hydrogen-bond acceptors (Lipinski definition) is 5. The third-order valence-corrected chi connectivity index (χ3v) is 4.80. The van der Waals surface area contributed by atoms with E-state index >= 15 is 0 Å². The van der Waals surface area contributed by atoms with Gasteiger partial charge in [-0.15, -0.1) is 0 Å². The van der Waals surface area contributed by atoms with Gasteiger partial charge in [-0.3, -0.25) is 0 Å². The number of benzene rings is 2. The third kappa shape index (κ3) is 5.21. The highest BCUT2D eigenvalue weighted by atomic mass is 32.2. The standard InChI is InChI=1S/C19H24N2O5S/c1-3-10-21(11-4-2)16-12-14(19(22)23)13-17(27(20,24)25)18(16)26-15-8-6-5-7-9-15/h5-9,12-13H,3-4,10-11H2,1-2H3,(H,22,23)(H2,20,24,25). The predicted molar refractivity (Wildman–Crippen MR) is 104 cm³/mol. The zero-order valence-electron chi connectivity index (χ0n) is 15.4. The number of sulfonamides is 1. The molecule has 3 N–H and O–H groups in total. The predicted octanol–water partition coefficient (Wildman–Crippen LogP) is 3.45. The third-order valence-electron chi connectivity index (χ3n) is 3.88. The van der Waals surface area contributed by atoms with E-state index in [1.165, 1.54) is 6.07 Å². The normalized spacial score (nSPS) is 11.2. The summed E-state index contributed by atoms with van der Waals surface area (Å²) in [6.07, 6.45) is 1.60. The van der Waals surface area contributed by atoms with E-state index in [0.717, 1.165) is 18.9 Å². The SMILES string of the molecule is CCCN(CCC)c1cc(C(=O)O)cc(S(N)(=O)=O)c1Oc1ccccc1. The van der Waals surface area contributed by atoms with Gasteiger partial charge >= 0.3 is 5.97 Å². The van der Waals surface area contributed by atoms with Gasteiger partial charge in [0.15, 0.2) is 5.75 Å². The molecule has 0 saturated heterocycles. The second-order valence-corrected chi connectivity index (χ2v) is 7.60. The van der Waals surface area contributed by atoms with Gasteiger partial charge < -0.3 is 14.7 Å². The molecule has 8 heteroatoms. The molecule has 0 aliphatic carbocycles. The van der Waals surface area contributed by atoms with E-state index in [1.54, 1.807) is 24.3 Å². The number of nitrogens with zero attached hydrogens (tertiary/aromatic N) is 1. The number of anilines is 1. The lowest BCUT2D eigenvalue weighted by atomic mass is 10.1. The summed E-state index contributed by atoms with van der Waals surface area (Å²) in [5.74, 6) is -0.768. The Kier molecular flexibility index (Phi) is 6.81. The number of para-hydroxylation sites is 1. The van der Waals surface area contributed by atoms with Gasteiger partial charge in [0.2, 0.25) is 10.0 Å². The minimum atomic E-state index is -4.21. The van der Waals surface area contributed by atoms with Gasteiger partial charge in [0.05, 0.1) is 11.3 Å². The minimum absolute atomic E-state index is 0.0376. The first kappa shape index (κ1) is 20.7. The van der Waals surface area contributed by atoms with Crippen molar-refractivity contribution < 1.29 is 23.1 Å². The van der Waals surface area contributed by atoms with Crippen molar-refractivity contribution in [3.05, 3.63) is 48.0 Å². The Morgan fingerprint density at radius 3 is 2.19 bits per heavy atom. The number of hydrogen-bond donors (Lipinski definition) is 2. The lowest BCUT2D eigenvalue weighted by molar-refractivity contribution is 0.0696. The number of ether oxygens (including phenoxy) is 1. The minimum Gasteiger partial charge on any atom is -0.478 e. The number of nitrogens with two attached hydrogens (primary N) is 1. The Morgan fingerprint density at radius 1 is 1.11 bits per heavy atom. The van der Waals surface area contributed by atoms with Crippen molar-refractivity contribution in [2.24, 2.45) is 5.14 Å². The average Bonchev–Trinajstić information content (AvgIpc) is 2.61. The second kappa shape index (κ2) is 8.88. The van der Waals surface area contributed by atoms with Crippen LogP contribution in [0.3, 0.4) is 0 Å². The molecule has 2 rings (SSSR count). The molecular weight excluding hydrogens is 368 g/mol. The van der Waals surface area contributed by atoms with Gasteiger partial charge in [-0.1, -0.05) is 32.0 Å². The van der Waals surface area contributed by atoms with Crippen molar-refractivity contribution >= 4 is 21.7 Å². The molecule has 0 bridgehead atoms. The summed E-state index contributed by atoms with van der Waals surface area (Å²) in [4.78, 5) is 13.1. The highest BCUT2D eigenvalue weighted by Gasteiger charge is 2.25. The van der Waals surface area contributed by atoms with Crippen molar-refractivity contribution in [2.45, 2.75) is 31.6 Å². The smallest absolute Gasteiger partial charge is 0.335 e. The second-order valence-electron chi connectivity index (χ2n) is 6.07. The van der Waals surface area contributed by atoms with Crippen LogP contribution in [0, 0.1) is 0 Å². The number of carboxylic acid groups (broad SMARTS) is 1. The van der Waals surface area contributed by atoms with Gasteiger partial charge in [0.1, 0.15) is 10.6 Å². The molecule has 0 aliphatic heterocycles. The van der Waals surface area contributed by atoms with Crippen LogP contribution < -0.4 is 14.8 Å². The molecule has 0 saturated carbocycles. The molecule has 0 unspecified atom stereocenters. The number of carboxylic acids is 1. The van der Waals surface area contributed by atoms with Crippen LogP contribution in [-0.2, 0) is 10.0 Å². The fraction of sp³-hybridized carbons (Fsp3) is 0.316. The molecule has 0 amide bonds. The molecular formula is C19H24N2O5S. The number of primary sulfonamides is 1. The Balaban J connectivity index is 2.75. The summed E-state index contributed by atoms with van der Waals surface area (Å²) in [5, 5.41) is 14.8. The number of aromatic carboxylic acids is 1. The quantitative estimate of drug-likeness (QED) is 0.676. The lowest BCUT2D eigenvalue weighted by Crippen LogP contribution is -2.26. The molecule has 0 spiro atoms. The first-order valence-corrected chi connectivity index (χ1v) is 10.2. The van der Waals surface area contributed by atoms with Crippen LogP contribution in [0.4, 0.5) is 5.69 Å². The maximum absolute atomic E-state index is 12.2. The van der Waals surface area contributed by atoms with Gasteiger partial charge in [-0.05, 0) is 37.1 Å². The summed E-state index contributed by atoms with van der Waals surface area (Å²) < 4.78 is 30.3. The summed E-state index contributed by atoms with van der Waals surface area (Å²) in [7, 11) is -4.21. The molecule has 27 heavy (non-hydrogen) atoms. The molecule has 146 valence electrons. The van der Waals surface area contributed by atoms with Crippen molar-refractivity contribution in [3.8, 4) is 11.5 Å². The Labute approximate surface area is 159 Å². The zero-order chi connectivity index (χ0) is 20.0. The number of carbonyl (C=O) groups is 1. The average molecular weight is 392 g/mol. The first-order valence-electron chi connectivity index (χ1n) is 8.69. The van der Waals surface area contributed by atoms with Crippen LogP contribution in [-0.4, -0.2) is 32.6 Å². The van der Waals surface area contributed by atoms with Gasteiger partial charge in [0, 0.05) is 13.1 Å². The van der Waals surface area contributed by atoms with Crippen LogP contribution in [0.2, 0.25) is 0 Å². The van der Waals surface area contributed by atoms with Gasteiger partial charge in [0.25, 0.3) is 0 Å². The van der Waals surface area contributed by atoms with Crippen LogP contribution in [0.1, 0.15) is 37.0 Å². The fourth-order valence-corrected chi connectivity index (χ4v) is 3.45. The van der Waals surface area contributed by atoms with E-state index in [1.807, 2.05) is 24.8 Å². The van der Waals surface area contributed by atoms with Crippen LogP contribution in [0.25, 0.3) is 0 Å². The van der Waals surface area contributed by atoms with E-state index in [0.29, 0.717) is 24.5 Å². The van der Waals surface area contributed by atoms with Gasteiger partial charge in [-0.25, -0.2) is 18.4 Å². The largest absolute Gasteiger partial charge is 0.478 e. The van der Waals surface area contributed by atoms with Crippen LogP contribution in [0.15, 0.2) is 47.4 Å². The van der Waals surface area contributed by atoms with Crippen LogP contribution >= 0.6 is 0 Å². The van der Waals surface area contributed by atoms with E-state index in [9.17, 15) is 18.3 Å². The van der Waals surface area contributed by atoms with Gasteiger partial charge in [-0.2, -0.15) is 0 Å². The highest BCUT2D eigenvalue weighted by molar-refractivity contribution is 7.89. The van der Waals surface area contributed by atoms with Crippen molar-refractivity contribution in [3.63, 3.8) is 0 Å². The monoisotopic (exact) mass is 392 g/mol. The molecule has 7 nitrogen and oxygen atoms in total. The molecule has 2 aromatic carbocycles. The van der Waals surface area contributed by atoms with Crippen molar-refractivity contribution in [2.75, 3.05) is 18.0 Å². The summed E-state index contributed by atoms with van der Waals surface area (Å²) in [6.45, 7) is 5.21. The van der Waals surface area contributed by atoms with E-state index in [-0.39, 0.29) is 16.2 Å². The maximum atomic E-state index is 12.2. The molecule has 0 aliphatic rings. The number of rotatable bonds is 9. The fourth-order valence-electron chi connectivity index (χ4n) is 2.76. The maximum Gasteiger partial charge on any atom is 0.335 e. The Bertz CT molecular complexity index is 892. The summed E-state index contributed by atoms with van der Waals surface area (Å²) >= 11 is 0. The van der Waals surface area contributed by atoms with Crippen LogP contribution in [0.5, 0.6) is 11.5 Å². The molecule has 0 aromatic heterocycles. The van der Waals surface area contributed by atoms with E-state index in [2.05, 4.69) is 0 Å². The highest BCUT2D eigenvalue weighted by Crippen LogP contribution is 2.39. The summed E-state index contributed by atoms with van der Waals surface area (Å²) in [5.41, 5.74) is 0.234. The molecule has 0 radical (unpaired) electrons.